The van der Waals surface area contributed by atoms with Crippen LogP contribution in [-0.4, -0.2) is 24.2 Å². The monoisotopic (exact) mass is 477 g/mol. The molecule has 35 heavy (non-hydrogen) atoms. The molecule has 0 saturated carbocycles. The van der Waals surface area contributed by atoms with Crippen molar-refractivity contribution in [3.05, 3.63) is 112 Å². The number of carbonyl (C=O) groups excluding carboxylic acids is 1. The zero-order valence-electron chi connectivity index (χ0n) is 19.1. The van der Waals surface area contributed by atoms with E-state index >= 15 is 0 Å². The number of non-ortho nitro benzene ring substituents is 1. The SMILES string of the molecule is C=CCc1cc(/C=N/NC(=O)Cc2ccc(F)cc2)cc(OC)c1OCc1cccc([N+](=O)[O-])c1. The van der Waals surface area contributed by atoms with Crippen molar-refractivity contribution >= 4 is 17.8 Å². The first-order valence-electron chi connectivity index (χ1n) is 10.6. The second-order valence-electron chi connectivity index (χ2n) is 7.52. The molecule has 0 fully saturated rings. The fraction of sp³-hybridized carbons (Fsp3) is 0.154. The van der Waals surface area contributed by atoms with E-state index in [4.69, 9.17) is 9.47 Å². The molecular weight excluding hydrogens is 453 g/mol. The van der Waals surface area contributed by atoms with Crippen LogP contribution in [0.4, 0.5) is 10.1 Å². The average Bonchev–Trinajstić information content (AvgIpc) is 2.85. The van der Waals surface area contributed by atoms with Gasteiger partial charge in [-0.2, -0.15) is 5.10 Å². The largest absolute Gasteiger partial charge is 0.493 e. The van der Waals surface area contributed by atoms with Crippen molar-refractivity contribution < 1.29 is 23.6 Å². The van der Waals surface area contributed by atoms with E-state index in [1.165, 1.54) is 49.7 Å². The maximum atomic E-state index is 13.0. The van der Waals surface area contributed by atoms with E-state index in [1.807, 2.05) is 6.07 Å². The van der Waals surface area contributed by atoms with Gasteiger partial charge in [-0.3, -0.25) is 14.9 Å². The fourth-order valence-electron chi connectivity index (χ4n) is 3.30. The van der Waals surface area contributed by atoms with Crippen LogP contribution in [0.3, 0.4) is 0 Å². The van der Waals surface area contributed by atoms with Crippen molar-refractivity contribution in [3.63, 3.8) is 0 Å². The number of nitro groups is 1. The van der Waals surface area contributed by atoms with Crippen LogP contribution in [0.25, 0.3) is 0 Å². The quantitative estimate of drug-likeness (QED) is 0.186. The zero-order chi connectivity index (χ0) is 25.2. The van der Waals surface area contributed by atoms with Gasteiger partial charge >= 0.3 is 0 Å². The summed E-state index contributed by atoms with van der Waals surface area (Å²) in [6.45, 7) is 3.88. The third kappa shape index (κ3) is 7.23. The Labute approximate surface area is 201 Å². The second kappa shape index (κ2) is 12.1. The number of halogens is 1. The van der Waals surface area contributed by atoms with Crippen LogP contribution in [0, 0.1) is 15.9 Å². The molecule has 0 radical (unpaired) electrons. The number of benzene rings is 3. The van der Waals surface area contributed by atoms with Gasteiger partial charge in [0.25, 0.3) is 5.69 Å². The Morgan fingerprint density at radius 1 is 1.17 bits per heavy atom. The van der Waals surface area contributed by atoms with Crippen molar-refractivity contribution in [3.8, 4) is 11.5 Å². The predicted octanol–water partition coefficient (Wildman–Crippen LogP) is 4.74. The maximum Gasteiger partial charge on any atom is 0.269 e. The van der Waals surface area contributed by atoms with Gasteiger partial charge in [0.2, 0.25) is 5.91 Å². The topological polar surface area (TPSA) is 103 Å². The van der Waals surface area contributed by atoms with Gasteiger partial charge in [-0.25, -0.2) is 9.82 Å². The van der Waals surface area contributed by atoms with Gasteiger partial charge in [-0.1, -0.05) is 30.3 Å². The molecule has 3 aromatic rings. The van der Waals surface area contributed by atoms with E-state index in [2.05, 4.69) is 17.1 Å². The van der Waals surface area contributed by atoms with Crippen LogP contribution in [0.2, 0.25) is 0 Å². The highest BCUT2D eigenvalue weighted by atomic mass is 19.1. The Bertz CT molecular complexity index is 1240. The molecule has 9 heteroatoms. The maximum absolute atomic E-state index is 13.0. The molecule has 3 aromatic carbocycles. The number of rotatable bonds is 11. The van der Waals surface area contributed by atoms with Crippen molar-refractivity contribution in [1.29, 1.82) is 0 Å². The molecule has 0 unspecified atom stereocenters. The van der Waals surface area contributed by atoms with Crippen LogP contribution in [0.15, 0.2) is 78.4 Å². The Kier molecular flexibility index (Phi) is 8.66. The molecule has 0 spiro atoms. The molecule has 0 bridgehead atoms. The van der Waals surface area contributed by atoms with Gasteiger partial charge in [0, 0.05) is 17.7 Å². The minimum Gasteiger partial charge on any atom is -0.493 e. The molecule has 0 aliphatic carbocycles. The molecule has 0 saturated heterocycles. The van der Waals surface area contributed by atoms with Crippen molar-refractivity contribution in [2.75, 3.05) is 7.11 Å². The second-order valence-corrected chi connectivity index (χ2v) is 7.52. The Balaban J connectivity index is 1.72. The summed E-state index contributed by atoms with van der Waals surface area (Å²) in [6, 6.07) is 15.4. The molecule has 180 valence electrons. The molecule has 0 aliphatic heterocycles. The average molecular weight is 477 g/mol. The third-order valence-electron chi connectivity index (χ3n) is 4.92. The van der Waals surface area contributed by atoms with E-state index in [9.17, 15) is 19.3 Å². The summed E-state index contributed by atoms with van der Waals surface area (Å²) in [5.74, 6) is 0.210. The first-order valence-corrected chi connectivity index (χ1v) is 10.6. The first-order chi connectivity index (χ1) is 16.9. The van der Waals surface area contributed by atoms with Crippen LogP contribution < -0.4 is 14.9 Å². The van der Waals surface area contributed by atoms with Crippen molar-refractivity contribution in [2.45, 2.75) is 19.4 Å². The number of nitro benzene ring substituents is 1. The number of nitrogens with zero attached hydrogens (tertiary/aromatic N) is 2. The van der Waals surface area contributed by atoms with Crippen LogP contribution >= 0.6 is 0 Å². The lowest BCUT2D eigenvalue weighted by Crippen LogP contribution is -2.19. The lowest BCUT2D eigenvalue weighted by atomic mass is 10.1. The number of amides is 1. The van der Waals surface area contributed by atoms with Gasteiger partial charge in [0.05, 0.1) is 24.7 Å². The predicted molar refractivity (Wildman–Crippen MR) is 130 cm³/mol. The summed E-state index contributed by atoms with van der Waals surface area (Å²) in [6.07, 6.45) is 3.72. The lowest BCUT2D eigenvalue weighted by molar-refractivity contribution is -0.384. The van der Waals surface area contributed by atoms with Crippen LogP contribution in [-0.2, 0) is 24.2 Å². The number of hydrogen-bond acceptors (Lipinski definition) is 6. The highest BCUT2D eigenvalue weighted by molar-refractivity contribution is 5.84. The van der Waals surface area contributed by atoms with Crippen molar-refractivity contribution in [1.82, 2.24) is 5.43 Å². The Morgan fingerprint density at radius 3 is 2.63 bits per heavy atom. The zero-order valence-corrected chi connectivity index (χ0v) is 19.1. The number of allylic oxidation sites excluding steroid dienone is 1. The standard InChI is InChI=1S/C26H24FN3O5/c1-3-5-21-12-20(16-28-29-25(31)15-18-8-10-22(27)11-9-18)14-24(34-2)26(21)35-17-19-6-4-7-23(13-19)30(32)33/h3-4,6-14,16H,1,5,15,17H2,2H3,(H,29,31)/b28-16+. The highest BCUT2D eigenvalue weighted by Crippen LogP contribution is 2.34. The number of carbonyl (C=O) groups is 1. The van der Waals surface area contributed by atoms with Crippen molar-refractivity contribution in [2.24, 2.45) is 5.10 Å². The number of ether oxygens (including phenoxy) is 2. The van der Waals surface area contributed by atoms with Gasteiger partial charge in [0.15, 0.2) is 11.5 Å². The number of hydrogen-bond donors (Lipinski definition) is 1. The summed E-state index contributed by atoms with van der Waals surface area (Å²) in [4.78, 5) is 22.7. The Morgan fingerprint density at radius 2 is 1.94 bits per heavy atom. The smallest absolute Gasteiger partial charge is 0.269 e. The van der Waals surface area contributed by atoms with Crippen LogP contribution in [0.5, 0.6) is 11.5 Å². The molecule has 0 aromatic heterocycles. The minimum atomic E-state index is -0.459. The normalized spacial score (nSPS) is 10.7. The molecule has 8 nitrogen and oxygen atoms in total. The van der Waals surface area contributed by atoms with E-state index in [-0.39, 0.29) is 30.4 Å². The minimum absolute atomic E-state index is 0.0163. The summed E-state index contributed by atoms with van der Waals surface area (Å²) in [5, 5.41) is 15.0. The third-order valence-corrected chi connectivity index (χ3v) is 4.92. The number of hydrazone groups is 1. The fourth-order valence-corrected chi connectivity index (χ4v) is 3.30. The van der Waals surface area contributed by atoms with E-state index in [0.29, 0.717) is 34.6 Å². The number of methoxy groups -OCH3 is 1. The molecular formula is C26H24FN3O5. The lowest BCUT2D eigenvalue weighted by Gasteiger charge is -2.16. The summed E-state index contributed by atoms with van der Waals surface area (Å²) >= 11 is 0. The Hall–Kier alpha value is -4.53. The van der Waals surface area contributed by atoms with E-state index in [1.54, 1.807) is 24.3 Å². The van der Waals surface area contributed by atoms with Crippen LogP contribution in [0.1, 0.15) is 22.3 Å². The summed E-state index contributed by atoms with van der Waals surface area (Å²) in [5.41, 5.74) is 5.16. The van der Waals surface area contributed by atoms with Gasteiger partial charge < -0.3 is 9.47 Å². The number of nitrogens with one attached hydrogen (secondary N) is 1. The summed E-state index contributed by atoms with van der Waals surface area (Å²) < 4.78 is 24.5. The van der Waals surface area contributed by atoms with Gasteiger partial charge in [-0.15, -0.1) is 6.58 Å². The van der Waals surface area contributed by atoms with E-state index in [0.717, 1.165) is 5.56 Å². The van der Waals surface area contributed by atoms with Gasteiger partial charge in [-0.05, 0) is 47.4 Å². The molecule has 1 amide bonds. The molecule has 0 heterocycles. The van der Waals surface area contributed by atoms with E-state index < -0.39 is 4.92 Å². The first kappa shape index (κ1) is 25.1. The summed E-state index contributed by atoms with van der Waals surface area (Å²) in [7, 11) is 1.50. The molecule has 0 aliphatic rings. The molecule has 0 atom stereocenters. The highest BCUT2D eigenvalue weighted by Gasteiger charge is 2.14. The molecule has 1 N–H and O–H groups in total. The molecule has 3 rings (SSSR count). The van der Waals surface area contributed by atoms with Gasteiger partial charge in [0.1, 0.15) is 12.4 Å².